The van der Waals surface area contributed by atoms with Gasteiger partial charge in [0.25, 0.3) is 5.91 Å². The Morgan fingerprint density at radius 1 is 1.12 bits per heavy atom. The van der Waals surface area contributed by atoms with Crippen LogP contribution in [0.2, 0.25) is 10.0 Å². The van der Waals surface area contributed by atoms with Gasteiger partial charge in [0.05, 0.1) is 16.3 Å². The molecule has 2 aromatic rings. The summed E-state index contributed by atoms with van der Waals surface area (Å²) in [5.74, 6) is -0.740. The van der Waals surface area contributed by atoms with Crippen LogP contribution in [0.4, 0.5) is 24.5 Å². The molecule has 134 valence electrons. The molecule has 4 nitrogen and oxygen atoms in total. The van der Waals surface area contributed by atoms with Gasteiger partial charge < -0.3 is 10.6 Å². The number of carbonyl (C=O) groups excluding carboxylic acids is 1. The topological polar surface area (TPSA) is 64.9 Å². The summed E-state index contributed by atoms with van der Waals surface area (Å²) in [5, 5.41) is 14.7. The zero-order valence-corrected chi connectivity index (χ0v) is 14.4. The maximum absolute atomic E-state index is 12.5. The summed E-state index contributed by atoms with van der Waals surface area (Å²) in [7, 11) is 0. The lowest BCUT2D eigenvalue weighted by atomic mass is 10.2. The molecule has 0 aliphatic rings. The molecule has 9 heteroatoms. The fourth-order valence-corrected chi connectivity index (χ4v) is 2.30. The molecule has 0 bridgehead atoms. The van der Waals surface area contributed by atoms with E-state index in [9.17, 15) is 18.0 Å². The number of nitriles is 1. The number of benzene rings is 2. The molecule has 26 heavy (non-hydrogen) atoms. The lowest BCUT2D eigenvalue weighted by Gasteiger charge is -2.08. The molecule has 0 aliphatic heterocycles. The Hall–Kier alpha value is -2.69. The second-order valence-electron chi connectivity index (χ2n) is 4.97. The second kappa shape index (κ2) is 8.13. The third-order valence-electron chi connectivity index (χ3n) is 3.14. The predicted octanol–water partition coefficient (Wildman–Crippen LogP) is 5.47. The van der Waals surface area contributed by atoms with Crippen LogP contribution in [0.3, 0.4) is 0 Å². The Morgan fingerprint density at radius 3 is 2.31 bits per heavy atom. The molecule has 0 heterocycles. The van der Waals surface area contributed by atoms with Crippen molar-refractivity contribution in [3.05, 3.63) is 69.8 Å². The van der Waals surface area contributed by atoms with Gasteiger partial charge in [-0.25, -0.2) is 0 Å². The van der Waals surface area contributed by atoms with Crippen molar-refractivity contribution in [2.24, 2.45) is 0 Å². The maximum Gasteiger partial charge on any atom is 0.416 e. The molecule has 0 atom stereocenters. The standard InChI is InChI=1S/C17H10Cl2F3N3O/c18-12-3-6-15(14(19)7-12)25-16(26)10(8-23)9-24-13-4-1-11(2-5-13)17(20,21)22/h1-7,9,24H,(H,25,26)/b10-9-. The van der Waals surface area contributed by atoms with Crippen molar-refractivity contribution >= 4 is 40.5 Å². The number of hydrogen-bond acceptors (Lipinski definition) is 3. The highest BCUT2D eigenvalue weighted by Crippen LogP contribution is 2.30. The number of nitrogens with zero attached hydrogens (tertiary/aromatic N) is 1. The van der Waals surface area contributed by atoms with E-state index in [4.69, 9.17) is 28.5 Å². The summed E-state index contributed by atoms with van der Waals surface area (Å²) in [4.78, 5) is 12.1. The summed E-state index contributed by atoms with van der Waals surface area (Å²) in [6.07, 6.45) is -3.36. The summed E-state index contributed by atoms with van der Waals surface area (Å²) in [5.41, 5.74) is -0.557. The van der Waals surface area contributed by atoms with Crippen molar-refractivity contribution in [2.45, 2.75) is 6.18 Å². The summed E-state index contributed by atoms with van der Waals surface area (Å²) in [6.45, 7) is 0. The van der Waals surface area contributed by atoms with Gasteiger partial charge in [-0.3, -0.25) is 4.79 Å². The van der Waals surface area contributed by atoms with Crippen LogP contribution in [0.1, 0.15) is 5.56 Å². The number of anilines is 2. The molecule has 0 saturated heterocycles. The molecule has 0 aromatic heterocycles. The Bertz CT molecular complexity index is 888. The van der Waals surface area contributed by atoms with E-state index in [0.717, 1.165) is 18.3 Å². The number of carbonyl (C=O) groups is 1. The molecule has 1 amide bonds. The SMILES string of the molecule is N#C/C(=C/Nc1ccc(C(F)(F)F)cc1)C(=O)Nc1ccc(Cl)cc1Cl. The minimum absolute atomic E-state index is 0.193. The molecule has 2 rings (SSSR count). The fourth-order valence-electron chi connectivity index (χ4n) is 1.84. The van der Waals surface area contributed by atoms with Crippen LogP contribution in [-0.2, 0) is 11.0 Å². The Labute approximate surface area is 156 Å². The molecule has 0 unspecified atom stereocenters. The zero-order chi connectivity index (χ0) is 19.3. The van der Waals surface area contributed by atoms with Gasteiger partial charge in [-0.05, 0) is 42.5 Å². The molecule has 0 spiro atoms. The zero-order valence-electron chi connectivity index (χ0n) is 12.9. The first kappa shape index (κ1) is 19.6. The van der Waals surface area contributed by atoms with E-state index >= 15 is 0 Å². The molecule has 0 radical (unpaired) electrons. The van der Waals surface area contributed by atoms with Crippen molar-refractivity contribution in [3.8, 4) is 6.07 Å². The Balaban J connectivity index is 2.09. The highest BCUT2D eigenvalue weighted by atomic mass is 35.5. The number of amides is 1. The van der Waals surface area contributed by atoms with Crippen molar-refractivity contribution in [1.29, 1.82) is 5.26 Å². The van der Waals surface area contributed by atoms with Gasteiger partial charge in [-0.2, -0.15) is 18.4 Å². The predicted molar refractivity (Wildman–Crippen MR) is 93.9 cm³/mol. The van der Waals surface area contributed by atoms with Crippen LogP contribution in [0.25, 0.3) is 0 Å². The second-order valence-corrected chi connectivity index (χ2v) is 5.81. The van der Waals surface area contributed by atoms with Crippen molar-refractivity contribution in [1.82, 2.24) is 0 Å². The highest BCUT2D eigenvalue weighted by Gasteiger charge is 2.29. The monoisotopic (exact) mass is 399 g/mol. The third kappa shape index (κ3) is 5.15. The molecule has 0 saturated carbocycles. The van der Waals surface area contributed by atoms with Crippen LogP contribution < -0.4 is 10.6 Å². The van der Waals surface area contributed by atoms with Crippen LogP contribution >= 0.6 is 23.2 Å². The molecular weight excluding hydrogens is 390 g/mol. The first-order valence-electron chi connectivity index (χ1n) is 7.01. The highest BCUT2D eigenvalue weighted by molar-refractivity contribution is 6.36. The van der Waals surface area contributed by atoms with Crippen molar-refractivity contribution in [2.75, 3.05) is 10.6 Å². The number of nitrogens with one attached hydrogen (secondary N) is 2. The van der Waals surface area contributed by atoms with Gasteiger partial charge in [0.1, 0.15) is 11.6 Å². The van der Waals surface area contributed by atoms with Gasteiger partial charge in [0, 0.05) is 16.9 Å². The average Bonchev–Trinajstić information content (AvgIpc) is 2.57. The lowest BCUT2D eigenvalue weighted by Crippen LogP contribution is -2.14. The molecule has 0 fully saturated rings. The summed E-state index contributed by atoms with van der Waals surface area (Å²) < 4.78 is 37.5. The minimum atomic E-state index is -4.44. The smallest absolute Gasteiger partial charge is 0.360 e. The molecule has 0 aliphatic carbocycles. The number of rotatable bonds is 4. The van der Waals surface area contributed by atoms with Crippen molar-refractivity contribution in [3.63, 3.8) is 0 Å². The van der Waals surface area contributed by atoms with Gasteiger partial charge in [-0.1, -0.05) is 23.2 Å². The van der Waals surface area contributed by atoms with Gasteiger partial charge in [-0.15, -0.1) is 0 Å². The van der Waals surface area contributed by atoms with E-state index in [-0.39, 0.29) is 22.0 Å². The maximum atomic E-state index is 12.5. The van der Waals surface area contributed by atoms with Crippen LogP contribution in [0.15, 0.2) is 54.2 Å². The van der Waals surface area contributed by atoms with E-state index in [0.29, 0.717) is 5.02 Å². The van der Waals surface area contributed by atoms with Gasteiger partial charge in [0.2, 0.25) is 0 Å². The third-order valence-corrected chi connectivity index (χ3v) is 3.69. The van der Waals surface area contributed by atoms with Gasteiger partial charge >= 0.3 is 6.18 Å². The van der Waals surface area contributed by atoms with Crippen molar-refractivity contribution < 1.29 is 18.0 Å². The van der Waals surface area contributed by atoms with Crippen LogP contribution in [-0.4, -0.2) is 5.91 Å². The summed E-state index contributed by atoms with van der Waals surface area (Å²) >= 11 is 11.7. The van der Waals surface area contributed by atoms with E-state index < -0.39 is 17.6 Å². The average molecular weight is 400 g/mol. The number of alkyl halides is 3. The van der Waals surface area contributed by atoms with Crippen LogP contribution in [0.5, 0.6) is 0 Å². The fraction of sp³-hybridized carbons (Fsp3) is 0.0588. The normalized spacial score (nSPS) is 11.6. The minimum Gasteiger partial charge on any atom is -0.360 e. The largest absolute Gasteiger partial charge is 0.416 e. The first-order chi connectivity index (χ1) is 12.2. The Kier molecular flexibility index (Phi) is 6.14. The molecular formula is C17H10Cl2F3N3O. The van der Waals surface area contributed by atoms with E-state index in [1.54, 1.807) is 6.07 Å². The number of hydrogen-bond donors (Lipinski definition) is 2. The van der Waals surface area contributed by atoms with E-state index in [2.05, 4.69) is 10.6 Å². The Morgan fingerprint density at radius 2 is 1.77 bits per heavy atom. The van der Waals surface area contributed by atoms with E-state index in [1.807, 2.05) is 0 Å². The molecule has 2 aromatic carbocycles. The molecule has 2 N–H and O–H groups in total. The van der Waals surface area contributed by atoms with Crippen LogP contribution in [0, 0.1) is 11.3 Å². The van der Waals surface area contributed by atoms with E-state index in [1.165, 1.54) is 30.3 Å². The van der Waals surface area contributed by atoms with Gasteiger partial charge in [0.15, 0.2) is 0 Å². The first-order valence-corrected chi connectivity index (χ1v) is 7.77. The number of halogens is 5. The quantitative estimate of drug-likeness (QED) is 0.529. The lowest BCUT2D eigenvalue weighted by molar-refractivity contribution is -0.137. The summed E-state index contributed by atoms with van der Waals surface area (Å²) in [6, 6.07) is 10.2.